The molecule has 0 aliphatic carbocycles. The molecule has 4 heteroatoms. The molecule has 108 valence electrons. The largest absolute Gasteiger partial charge is 0.508 e. The van der Waals surface area contributed by atoms with Gasteiger partial charge in [0, 0.05) is 32.4 Å². The van der Waals surface area contributed by atoms with Gasteiger partial charge in [-0.15, -0.1) is 0 Å². The summed E-state index contributed by atoms with van der Waals surface area (Å²) in [5, 5.41) is 22.4. The van der Waals surface area contributed by atoms with E-state index in [0.29, 0.717) is 0 Å². The molecule has 0 radical (unpaired) electrons. The minimum atomic E-state index is 0.0693. The average Bonchev–Trinajstić information content (AvgIpc) is 2.32. The summed E-state index contributed by atoms with van der Waals surface area (Å²) in [6.07, 6.45) is 0.981. The van der Waals surface area contributed by atoms with Crippen molar-refractivity contribution in [1.29, 1.82) is 0 Å². The summed E-state index contributed by atoms with van der Waals surface area (Å²) in [7, 11) is 1.71. The summed E-state index contributed by atoms with van der Waals surface area (Å²) in [5.74, 6) is 0.171. The van der Waals surface area contributed by atoms with Crippen molar-refractivity contribution in [2.45, 2.75) is 33.2 Å². The maximum absolute atomic E-state index is 9.48. The SMILES string of the molecule is COCCC(C)(C)CNC(C)c1cc(O)cc(O)c1. The van der Waals surface area contributed by atoms with E-state index in [2.05, 4.69) is 19.2 Å². The van der Waals surface area contributed by atoms with Crippen LogP contribution in [0.5, 0.6) is 11.5 Å². The molecule has 0 amide bonds. The lowest BCUT2D eigenvalue weighted by Gasteiger charge is -2.27. The van der Waals surface area contributed by atoms with Crippen molar-refractivity contribution in [3.05, 3.63) is 23.8 Å². The molecule has 0 aliphatic heterocycles. The number of nitrogens with one attached hydrogen (secondary N) is 1. The third-order valence-electron chi connectivity index (χ3n) is 3.29. The Balaban J connectivity index is 2.57. The second kappa shape index (κ2) is 6.78. The molecule has 0 aliphatic rings. The lowest BCUT2D eigenvalue weighted by Crippen LogP contribution is -2.32. The average molecular weight is 267 g/mol. The second-order valence-corrected chi connectivity index (χ2v) is 5.79. The van der Waals surface area contributed by atoms with Crippen LogP contribution in [0.25, 0.3) is 0 Å². The minimum absolute atomic E-state index is 0.0693. The maximum Gasteiger partial charge on any atom is 0.119 e. The summed E-state index contributed by atoms with van der Waals surface area (Å²) >= 11 is 0. The Kier molecular flexibility index (Phi) is 5.63. The fourth-order valence-corrected chi connectivity index (χ4v) is 1.88. The monoisotopic (exact) mass is 267 g/mol. The van der Waals surface area contributed by atoms with Gasteiger partial charge in [-0.1, -0.05) is 13.8 Å². The van der Waals surface area contributed by atoms with E-state index < -0.39 is 0 Å². The van der Waals surface area contributed by atoms with Gasteiger partial charge < -0.3 is 20.3 Å². The van der Waals surface area contributed by atoms with Crippen LogP contribution in [0.4, 0.5) is 0 Å². The first-order chi connectivity index (χ1) is 8.84. The Morgan fingerprint density at radius 1 is 1.21 bits per heavy atom. The van der Waals surface area contributed by atoms with Crippen LogP contribution in [0.2, 0.25) is 0 Å². The van der Waals surface area contributed by atoms with E-state index >= 15 is 0 Å². The molecule has 1 aromatic carbocycles. The van der Waals surface area contributed by atoms with Crippen molar-refractivity contribution in [2.75, 3.05) is 20.3 Å². The van der Waals surface area contributed by atoms with Crippen molar-refractivity contribution in [1.82, 2.24) is 5.32 Å². The highest BCUT2D eigenvalue weighted by Gasteiger charge is 2.19. The van der Waals surface area contributed by atoms with Crippen LogP contribution in [0, 0.1) is 5.41 Å². The Bertz CT molecular complexity index is 384. The standard InChI is InChI=1S/C15H25NO3/c1-11(12-7-13(17)9-14(18)8-12)16-10-15(2,3)5-6-19-4/h7-9,11,16-18H,5-6,10H2,1-4H3. The Labute approximate surface area is 115 Å². The number of methoxy groups -OCH3 is 1. The molecule has 0 heterocycles. The van der Waals surface area contributed by atoms with Gasteiger partial charge in [-0.25, -0.2) is 0 Å². The summed E-state index contributed by atoms with van der Waals surface area (Å²) < 4.78 is 5.11. The molecule has 0 saturated carbocycles. The lowest BCUT2D eigenvalue weighted by atomic mass is 9.89. The highest BCUT2D eigenvalue weighted by Crippen LogP contribution is 2.26. The van der Waals surface area contributed by atoms with Gasteiger partial charge in [-0.3, -0.25) is 0 Å². The van der Waals surface area contributed by atoms with Crippen molar-refractivity contribution in [3.63, 3.8) is 0 Å². The number of aromatic hydroxyl groups is 2. The van der Waals surface area contributed by atoms with Gasteiger partial charge in [0.1, 0.15) is 11.5 Å². The van der Waals surface area contributed by atoms with Gasteiger partial charge in [-0.05, 0) is 36.5 Å². The molecule has 0 aromatic heterocycles. The molecule has 0 spiro atoms. The summed E-state index contributed by atoms with van der Waals surface area (Å²) in [6.45, 7) is 7.97. The van der Waals surface area contributed by atoms with Gasteiger partial charge in [-0.2, -0.15) is 0 Å². The number of phenolic OH excluding ortho intramolecular Hbond substituents is 2. The van der Waals surface area contributed by atoms with E-state index in [-0.39, 0.29) is 23.0 Å². The Morgan fingerprint density at radius 3 is 2.32 bits per heavy atom. The van der Waals surface area contributed by atoms with E-state index in [1.807, 2.05) is 6.92 Å². The smallest absolute Gasteiger partial charge is 0.119 e. The summed E-state index contributed by atoms with van der Waals surface area (Å²) in [6, 6.07) is 4.73. The number of benzene rings is 1. The second-order valence-electron chi connectivity index (χ2n) is 5.79. The third kappa shape index (κ3) is 5.49. The topological polar surface area (TPSA) is 61.7 Å². The first-order valence-corrected chi connectivity index (χ1v) is 6.59. The molecule has 0 fully saturated rings. The normalized spacial score (nSPS) is 13.5. The maximum atomic E-state index is 9.48. The first-order valence-electron chi connectivity index (χ1n) is 6.59. The van der Waals surface area contributed by atoms with E-state index in [9.17, 15) is 10.2 Å². The molecule has 3 N–H and O–H groups in total. The summed E-state index contributed by atoms with van der Waals surface area (Å²) in [5.41, 5.74) is 1.02. The summed E-state index contributed by atoms with van der Waals surface area (Å²) in [4.78, 5) is 0. The predicted molar refractivity (Wildman–Crippen MR) is 76.5 cm³/mol. The molecule has 4 nitrogen and oxygen atoms in total. The fraction of sp³-hybridized carbons (Fsp3) is 0.600. The van der Waals surface area contributed by atoms with Gasteiger partial charge >= 0.3 is 0 Å². The molecular weight excluding hydrogens is 242 g/mol. The number of hydrogen-bond donors (Lipinski definition) is 3. The minimum Gasteiger partial charge on any atom is -0.508 e. The highest BCUT2D eigenvalue weighted by atomic mass is 16.5. The fourth-order valence-electron chi connectivity index (χ4n) is 1.88. The molecule has 0 bridgehead atoms. The molecule has 1 aromatic rings. The van der Waals surface area contributed by atoms with Crippen molar-refractivity contribution in [3.8, 4) is 11.5 Å². The number of ether oxygens (including phenoxy) is 1. The van der Waals surface area contributed by atoms with Crippen LogP contribution in [0.1, 0.15) is 38.8 Å². The van der Waals surface area contributed by atoms with E-state index in [1.165, 1.54) is 6.07 Å². The van der Waals surface area contributed by atoms with Crippen LogP contribution in [0.3, 0.4) is 0 Å². The molecule has 1 unspecified atom stereocenters. The van der Waals surface area contributed by atoms with E-state index in [0.717, 1.165) is 25.1 Å². The first kappa shape index (κ1) is 15.8. The molecule has 1 rings (SSSR count). The van der Waals surface area contributed by atoms with E-state index in [1.54, 1.807) is 19.2 Å². The number of rotatable bonds is 7. The van der Waals surface area contributed by atoms with Crippen molar-refractivity contribution >= 4 is 0 Å². The predicted octanol–water partition coefficient (Wildman–Crippen LogP) is 2.81. The molecule has 1 atom stereocenters. The van der Waals surface area contributed by atoms with Crippen molar-refractivity contribution < 1.29 is 14.9 Å². The van der Waals surface area contributed by atoms with Gasteiger partial charge in [0.15, 0.2) is 0 Å². The van der Waals surface area contributed by atoms with Crippen molar-refractivity contribution in [2.24, 2.45) is 5.41 Å². The van der Waals surface area contributed by atoms with Gasteiger partial charge in [0.2, 0.25) is 0 Å². The highest BCUT2D eigenvalue weighted by molar-refractivity contribution is 5.37. The number of hydrogen-bond acceptors (Lipinski definition) is 4. The molecule has 19 heavy (non-hydrogen) atoms. The van der Waals surface area contributed by atoms with Crippen LogP contribution in [-0.4, -0.2) is 30.5 Å². The quantitative estimate of drug-likeness (QED) is 0.711. The third-order valence-corrected chi connectivity index (χ3v) is 3.29. The zero-order valence-corrected chi connectivity index (χ0v) is 12.2. The Hall–Kier alpha value is -1.26. The Morgan fingerprint density at radius 2 is 1.79 bits per heavy atom. The zero-order valence-electron chi connectivity index (χ0n) is 12.2. The number of phenols is 2. The van der Waals surface area contributed by atoms with Crippen LogP contribution in [0.15, 0.2) is 18.2 Å². The van der Waals surface area contributed by atoms with Gasteiger partial charge in [0.05, 0.1) is 0 Å². The molecular formula is C15H25NO3. The van der Waals surface area contributed by atoms with E-state index in [4.69, 9.17) is 4.74 Å². The zero-order chi connectivity index (χ0) is 14.5. The van der Waals surface area contributed by atoms with Crippen LogP contribution in [-0.2, 0) is 4.74 Å². The van der Waals surface area contributed by atoms with Gasteiger partial charge in [0.25, 0.3) is 0 Å². The molecule has 0 saturated heterocycles. The van der Waals surface area contributed by atoms with Crippen LogP contribution >= 0.6 is 0 Å². The lowest BCUT2D eigenvalue weighted by molar-refractivity contribution is 0.149. The van der Waals surface area contributed by atoms with Crippen LogP contribution < -0.4 is 5.32 Å².